The van der Waals surface area contributed by atoms with Gasteiger partial charge >= 0.3 is 0 Å². The number of hydrogen-bond donors (Lipinski definition) is 1. The molecule has 0 radical (unpaired) electrons. The van der Waals surface area contributed by atoms with Crippen LogP contribution in [0.15, 0.2) is 0 Å². The smallest absolute Gasteiger partial charge is 0.242 e. The van der Waals surface area contributed by atoms with Gasteiger partial charge in [-0.25, -0.2) is 0 Å². The molecule has 5 nitrogen and oxygen atoms in total. The largest absolute Gasteiger partial charge is 0.358 e. The minimum Gasteiger partial charge on any atom is -0.358 e. The summed E-state index contributed by atoms with van der Waals surface area (Å²) in [5.41, 5.74) is -1.04. The highest BCUT2D eigenvalue weighted by Crippen LogP contribution is 2.22. The van der Waals surface area contributed by atoms with Crippen LogP contribution in [0.1, 0.15) is 20.3 Å². The maximum absolute atomic E-state index is 11.8. The van der Waals surface area contributed by atoms with Crippen LogP contribution in [0.25, 0.3) is 0 Å². The van der Waals surface area contributed by atoms with Crippen LogP contribution in [0.4, 0.5) is 0 Å². The van der Waals surface area contributed by atoms with Gasteiger partial charge in [-0.15, -0.1) is 0 Å². The van der Waals surface area contributed by atoms with Gasteiger partial charge in [0.1, 0.15) is 5.41 Å². The minimum absolute atomic E-state index is 0.0212. The molecule has 1 atom stereocenters. The molecule has 0 aliphatic rings. The average molecular weight is 211 g/mol. The quantitative estimate of drug-likeness (QED) is 0.718. The molecular weight excluding hydrogens is 194 g/mol. The summed E-state index contributed by atoms with van der Waals surface area (Å²) < 4.78 is 0. The first kappa shape index (κ1) is 13.4. The molecule has 0 spiro atoms. The molecule has 0 aliphatic carbocycles. The van der Waals surface area contributed by atoms with Crippen LogP contribution in [0.5, 0.6) is 0 Å². The number of nitrogens with one attached hydrogen (secondary N) is 1. The Morgan fingerprint density at radius 1 is 1.53 bits per heavy atom. The first-order valence-electron chi connectivity index (χ1n) is 4.78. The van der Waals surface area contributed by atoms with Crippen molar-refractivity contribution in [3.8, 4) is 6.07 Å². The monoisotopic (exact) mass is 211 g/mol. The SMILES string of the molecule is CCC(C)(C#N)C(=O)N(C)CC(=O)NC. The van der Waals surface area contributed by atoms with Gasteiger partial charge in [-0.1, -0.05) is 6.92 Å². The van der Waals surface area contributed by atoms with Crippen LogP contribution in [-0.4, -0.2) is 37.4 Å². The maximum Gasteiger partial charge on any atom is 0.242 e. The first-order chi connectivity index (χ1) is 6.91. The molecule has 2 amide bonds. The zero-order valence-electron chi connectivity index (χ0n) is 9.63. The molecule has 0 heterocycles. The summed E-state index contributed by atoms with van der Waals surface area (Å²) in [6, 6.07) is 1.98. The van der Waals surface area contributed by atoms with Crippen molar-refractivity contribution in [2.75, 3.05) is 20.6 Å². The third-order valence-electron chi connectivity index (χ3n) is 2.43. The number of amides is 2. The number of carbonyl (C=O) groups is 2. The second-order valence-corrected chi connectivity index (χ2v) is 3.63. The van der Waals surface area contributed by atoms with E-state index in [0.717, 1.165) is 0 Å². The van der Waals surface area contributed by atoms with E-state index in [1.165, 1.54) is 19.0 Å². The average Bonchev–Trinajstić information content (AvgIpc) is 2.26. The van der Waals surface area contributed by atoms with E-state index in [1.807, 2.05) is 6.07 Å². The van der Waals surface area contributed by atoms with E-state index in [0.29, 0.717) is 6.42 Å². The van der Waals surface area contributed by atoms with Gasteiger partial charge in [-0.2, -0.15) is 5.26 Å². The Balaban J connectivity index is 4.58. The minimum atomic E-state index is -1.04. The Morgan fingerprint density at radius 3 is 2.40 bits per heavy atom. The van der Waals surface area contributed by atoms with Crippen molar-refractivity contribution >= 4 is 11.8 Å². The van der Waals surface area contributed by atoms with Crippen molar-refractivity contribution < 1.29 is 9.59 Å². The highest BCUT2D eigenvalue weighted by Gasteiger charge is 2.34. The van der Waals surface area contributed by atoms with Crippen molar-refractivity contribution in [3.05, 3.63) is 0 Å². The lowest BCUT2D eigenvalue weighted by Crippen LogP contribution is -2.43. The van der Waals surface area contributed by atoms with E-state index < -0.39 is 5.41 Å². The normalized spacial score (nSPS) is 13.5. The summed E-state index contributed by atoms with van der Waals surface area (Å²) in [5, 5.41) is 11.3. The molecule has 1 N–H and O–H groups in total. The van der Waals surface area contributed by atoms with Gasteiger partial charge in [0.2, 0.25) is 11.8 Å². The highest BCUT2D eigenvalue weighted by atomic mass is 16.2. The summed E-state index contributed by atoms with van der Waals surface area (Å²) in [5.74, 6) is -0.571. The second-order valence-electron chi connectivity index (χ2n) is 3.63. The van der Waals surface area contributed by atoms with Crippen molar-refractivity contribution in [2.45, 2.75) is 20.3 Å². The lowest BCUT2D eigenvalue weighted by atomic mass is 9.88. The topological polar surface area (TPSA) is 73.2 Å². The Hall–Kier alpha value is -1.57. The van der Waals surface area contributed by atoms with Crippen molar-refractivity contribution in [1.82, 2.24) is 10.2 Å². The highest BCUT2D eigenvalue weighted by molar-refractivity contribution is 5.89. The van der Waals surface area contributed by atoms with E-state index in [1.54, 1.807) is 13.8 Å². The van der Waals surface area contributed by atoms with Crippen molar-refractivity contribution in [1.29, 1.82) is 5.26 Å². The van der Waals surface area contributed by atoms with Gasteiger partial charge in [0.05, 0.1) is 12.6 Å². The molecule has 0 rings (SSSR count). The molecular formula is C10H17N3O2. The predicted octanol–water partition coefficient (Wildman–Crippen LogP) is 0.131. The Morgan fingerprint density at radius 2 is 2.07 bits per heavy atom. The van der Waals surface area contributed by atoms with Crippen LogP contribution in [-0.2, 0) is 9.59 Å². The maximum atomic E-state index is 11.8. The number of nitrogens with zero attached hydrogens (tertiary/aromatic N) is 2. The van der Waals surface area contributed by atoms with E-state index in [-0.39, 0.29) is 18.4 Å². The lowest BCUT2D eigenvalue weighted by Gasteiger charge is -2.25. The van der Waals surface area contributed by atoms with Crippen LogP contribution >= 0.6 is 0 Å². The van der Waals surface area contributed by atoms with E-state index in [9.17, 15) is 9.59 Å². The first-order valence-corrected chi connectivity index (χ1v) is 4.78. The van der Waals surface area contributed by atoms with Crippen LogP contribution in [0.3, 0.4) is 0 Å². The number of nitriles is 1. The van der Waals surface area contributed by atoms with Gasteiger partial charge in [0, 0.05) is 14.1 Å². The number of rotatable bonds is 4. The molecule has 0 aromatic carbocycles. The van der Waals surface area contributed by atoms with Crippen LogP contribution in [0, 0.1) is 16.7 Å². The lowest BCUT2D eigenvalue weighted by molar-refractivity contribution is -0.140. The molecule has 0 aromatic rings. The van der Waals surface area contributed by atoms with Crippen LogP contribution in [0.2, 0.25) is 0 Å². The van der Waals surface area contributed by atoms with Gasteiger partial charge in [-0.3, -0.25) is 9.59 Å². The van der Waals surface area contributed by atoms with E-state index in [4.69, 9.17) is 5.26 Å². The molecule has 84 valence electrons. The molecule has 0 aromatic heterocycles. The summed E-state index contributed by atoms with van der Waals surface area (Å²) in [4.78, 5) is 24.1. The molecule has 15 heavy (non-hydrogen) atoms. The van der Waals surface area contributed by atoms with Gasteiger partial charge < -0.3 is 10.2 Å². The molecule has 0 bridgehead atoms. The standard InChI is InChI=1S/C10H17N3O2/c1-5-10(2,7-11)9(15)13(4)6-8(14)12-3/h5-6H2,1-4H3,(H,12,14). The fourth-order valence-corrected chi connectivity index (χ4v) is 1.07. The third-order valence-corrected chi connectivity index (χ3v) is 2.43. The third kappa shape index (κ3) is 3.24. The van der Waals surface area contributed by atoms with Gasteiger partial charge in [-0.05, 0) is 13.3 Å². The Labute approximate surface area is 90.0 Å². The van der Waals surface area contributed by atoms with Crippen molar-refractivity contribution in [3.63, 3.8) is 0 Å². The molecule has 0 fully saturated rings. The molecule has 0 saturated carbocycles. The summed E-state index contributed by atoms with van der Waals surface area (Å²) >= 11 is 0. The summed E-state index contributed by atoms with van der Waals surface area (Å²) in [6.07, 6.45) is 0.431. The molecule has 1 unspecified atom stereocenters. The van der Waals surface area contributed by atoms with Crippen molar-refractivity contribution in [2.24, 2.45) is 5.41 Å². The molecule has 0 saturated heterocycles. The number of carbonyl (C=O) groups excluding carboxylic acids is 2. The van der Waals surface area contributed by atoms with E-state index in [2.05, 4.69) is 5.32 Å². The Kier molecular flexibility index (Phi) is 4.79. The van der Waals surface area contributed by atoms with Gasteiger partial charge in [0.15, 0.2) is 0 Å². The second kappa shape index (κ2) is 5.35. The Bertz CT molecular complexity index is 296. The summed E-state index contributed by atoms with van der Waals surface area (Å²) in [6.45, 7) is 3.33. The zero-order chi connectivity index (χ0) is 12.1. The molecule has 0 aliphatic heterocycles. The van der Waals surface area contributed by atoms with Gasteiger partial charge in [0.25, 0.3) is 0 Å². The zero-order valence-corrected chi connectivity index (χ0v) is 9.63. The molecule has 5 heteroatoms. The summed E-state index contributed by atoms with van der Waals surface area (Å²) in [7, 11) is 3.02. The van der Waals surface area contributed by atoms with Crippen LogP contribution < -0.4 is 5.32 Å². The predicted molar refractivity (Wildman–Crippen MR) is 55.7 cm³/mol. The number of hydrogen-bond acceptors (Lipinski definition) is 3. The fraction of sp³-hybridized carbons (Fsp3) is 0.700. The number of likely N-dealkylation sites (N-methyl/N-ethyl adjacent to an activating group) is 2. The fourth-order valence-electron chi connectivity index (χ4n) is 1.07. The van der Waals surface area contributed by atoms with E-state index >= 15 is 0 Å².